The second kappa shape index (κ2) is 10.5. The number of carbonyl (C=O) groups is 2. The Labute approximate surface area is 198 Å². The Morgan fingerprint density at radius 2 is 1.81 bits per heavy atom. The summed E-state index contributed by atoms with van der Waals surface area (Å²) >= 11 is 13.2. The van der Waals surface area contributed by atoms with E-state index in [1.165, 1.54) is 36.0 Å². The van der Waals surface area contributed by atoms with E-state index in [0.29, 0.717) is 27.5 Å². The number of carbonyl (C=O) groups excluding carboxylic acids is 2. The molecule has 0 aliphatic carbocycles. The van der Waals surface area contributed by atoms with Gasteiger partial charge in [-0.05, 0) is 55.0 Å². The van der Waals surface area contributed by atoms with Gasteiger partial charge in [0.1, 0.15) is 0 Å². The minimum atomic E-state index is -0.485. The van der Waals surface area contributed by atoms with E-state index in [9.17, 15) is 19.7 Å². The minimum absolute atomic E-state index is 0.0337. The lowest BCUT2D eigenvalue weighted by atomic mass is 10.2. The number of amides is 2. The molecule has 0 aromatic heterocycles. The van der Waals surface area contributed by atoms with E-state index in [4.69, 9.17) is 23.2 Å². The molecule has 3 aromatic carbocycles. The quantitative estimate of drug-likeness (QED) is 0.234. The van der Waals surface area contributed by atoms with Crippen LogP contribution in [0.25, 0.3) is 0 Å². The van der Waals surface area contributed by atoms with Crippen molar-refractivity contribution in [1.82, 2.24) is 0 Å². The number of thioether (sulfide) groups is 1. The number of benzene rings is 3. The van der Waals surface area contributed by atoms with Gasteiger partial charge in [0.05, 0.1) is 21.3 Å². The number of hydrogen-bond acceptors (Lipinski definition) is 5. The minimum Gasteiger partial charge on any atom is -0.325 e. The third-order valence-electron chi connectivity index (χ3n) is 4.33. The first kappa shape index (κ1) is 23.6. The number of nitro groups is 1. The number of nitro benzene ring substituents is 1. The standard InChI is InChI=1S/C22H17Cl2N3O4S/c1-13-9-16(27(30)31)6-8-20(13)26-21(28)12-32-17-4-2-3-15(11-17)25-22(29)18-7-5-14(23)10-19(18)24/h2-11H,12H2,1H3,(H,25,29)(H,26,28). The molecule has 0 fully saturated rings. The molecule has 2 N–H and O–H groups in total. The van der Waals surface area contributed by atoms with Gasteiger partial charge in [0.25, 0.3) is 11.6 Å². The molecule has 0 atom stereocenters. The summed E-state index contributed by atoms with van der Waals surface area (Å²) in [5, 5.41) is 17.0. The van der Waals surface area contributed by atoms with Crippen LogP contribution in [-0.4, -0.2) is 22.5 Å². The van der Waals surface area contributed by atoms with Crippen molar-refractivity contribution in [3.63, 3.8) is 0 Å². The van der Waals surface area contributed by atoms with E-state index in [1.54, 1.807) is 37.3 Å². The molecule has 0 unspecified atom stereocenters. The first-order valence-electron chi connectivity index (χ1n) is 9.27. The summed E-state index contributed by atoms with van der Waals surface area (Å²) in [5.41, 5.74) is 1.93. The molecule has 0 bridgehead atoms. The molecule has 0 radical (unpaired) electrons. The number of halogens is 2. The van der Waals surface area contributed by atoms with Crippen molar-refractivity contribution in [2.24, 2.45) is 0 Å². The molecule has 0 spiro atoms. The van der Waals surface area contributed by atoms with E-state index in [0.717, 1.165) is 4.90 Å². The van der Waals surface area contributed by atoms with E-state index in [2.05, 4.69) is 10.6 Å². The number of non-ortho nitro benzene ring substituents is 1. The zero-order valence-corrected chi connectivity index (χ0v) is 19.1. The van der Waals surface area contributed by atoms with E-state index in [-0.39, 0.29) is 28.3 Å². The van der Waals surface area contributed by atoms with Crippen molar-refractivity contribution < 1.29 is 14.5 Å². The predicted molar refractivity (Wildman–Crippen MR) is 128 cm³/mol. The second-order valence-electron chi connectivity index (χ2n) is 6.70. The molecule has 0 aliphatic rings. The summed E-state index contributed by atoms with van der Waals surface area (Å²) in [6.07, 6.45) is 0. The number of nitrogens with zero attached hydrogens (tertiary/aromatic N) is 1. The summed E-state index contributed by atoms with van der Waals surface area (Å²) in [6, 6.07) is 15.9. The molecule has 0 heterocycles. The first-order chi connectivity index (χ1) is 15.2. The smallest absolute Gasteiger partial charge is 0.269 e. The van der Waals surface area contributed by atoms with Crippen LogP contribution in [0, 0.1) is 17.0 Å². The highest BCUT2D eigenvalue weighted by Gasteiger charge is 2.13. The van der Waals surface area contributed by atoms with Gasteiger partial charge in [-0.15, -0.1) is 11.8 Å². The van der Waals surface area contributed by atoms with Gasteiger partial charge in [-0.2, -0.15) is 0 Å². The largest absolute Gasteiger partial charge is 0.325 e. The maximum Gasteiger partial charge on any atom is 0.269 e. The Morgan fingerprint density at radius 3 is 2.50 bits per heavy atom. The van der Waals surface area contributed by atoms with Crippen molar-refractivity contribution in [2.45, 2.75) is 11.8 Å². The fraction of sp³-hybridized carbons (Fsp3) is 0.0909. The molecule has 32 heavy (non-hydrogen) atoms. The Hall–Kier alpha value is -3.07. The van der Waals surface area contributed by atoms with Gasteiger partial charge in [-0.25, -0.2) is 0 Å². The third kappa shape index (κ3) is 6.23. The number of rotatable bonds is 7. The highest BCUT2D eigenvalue weighted by Crippen LogP contribution is 2.26. The van der Waals surface area contributed by atoms with Crippen LogP contribution in [0.3, 0.4) is 0 Å². The third-order valence-corrected chi connectivity index (χ3v) is 5.87. The number of anilines is 2. The lowest BCUT2D eigenvalue weighted by Gasteiger charge is -2.10. The molecular weight excluding hydrogens is 473 g/mol. The molecule has 0 saturated heterocycles. The van der Waals surface area contributed by atoms with Gasteiger partial charge in [-0.1, -0.05) is 29.3 Å². The Balaban J connectivity index is 1.59. The summed E-state index contributed by atoms with van der Waals surface area (Å²) in [7, 11) is 0. The molecule has 2 amide bonds. The van der Waals surface area contributed by atoms with Crippen LogP contribution in [0.2, 0.25) is 10.0 Å². The molecule has 3 rings (SSSR count). The van der Waals surface area contributed by atoms with E-state index < -0.39 is 4.92 Å². The van der Waals surface area contributed by atoms with Crippen molar-refractivity contribution in [3.05, 3.63) is 92.0 Å². The lowest BCUT2D eigenvalue weighted by Crippen LogP contribution is -2.15. The maximum atomic E-state index is 12.5. The van der Waals surface area contributed by atoms with Gasteiger partial charge >= 0.3 is 0 Å². The van der Waals surface area contributed by atoms with Crippen LogP contribution in [0.15, 0.2) is 65.6 Å². The average Bonchev–Trinajstić information content (AvgIpc) is 2.73. The van der Waals surface area contributed by atoms with Crippen molar-refractivity contribution >= 4 is 63.8 Å². The summed E-state index contributed by atoms with van der Waals surface area (Å²) < 4.78 is 0. The monoisotopic (exact) mass is 489 g/mol. The number of hydrogen-bond donors (Lipinski definition) is 2. The number of nitrogens with one attached hydrogen (secondary N) is 2. The molecule has 10 heteroatoms. The molecule has 164 valence electrons. The highest BCUT2D eigenvalue weighted by atomic mass is 35.5. The van der Waals surface area contributed by atoms with Gasteiger partial charge < -0.3 is 10.6 Å². The molecule has 3 aromatic rings. The van der Waals surface area contributed by atoms with Crippen molar-refractivity contribution in [1.29, 1.82) is 0 Å². The zero-order chi connectivity index (χ0) is 23.3. The summed E-state index contributed by atoms with van der Waals surface area (Å²) in [4.78, 5) is 35.9. The first-order valence-corrected chi connectivity index (χ1v) is 11.0. The SMILES string of the molecule is Cc1cc([N+](=O)[O-])ccc1NC(=O)CSc1cccc(NC(=O)c2ccc(Cl)cc2Cl)c1. The molecule has 0 saturated carbocycles. The van der Waals surface area contributed by atoms with Gasteiger partial charge in [0.2, 0.25) is 5.91 Å². The lowest BCUT2D eigenvalue weighted by molar-refractivity contribution is -0.384. The Bertz CT molecular complexity index is 1200. The Morgan fingerprint density at radius 1 is 1.03 bits per heavy atom. The summed E-state index contributed by atoms with van der Waals surface area (Å²) in [5.74, 6) is -0.508. The van der Waals surface area contributed by atoms with Crippen LogP contribution in [0.5, 0.6) is 0 Å². The fourth-order valence-corrected chi connectivity index (χ4v) is 4.02. The molecule has 0 aliphatic heterocycles. The fourth-order valence-electron chi connectivity index (χ4n) is 2.77. The van der Waals surface area contributed by atoms with Crippen molar-refractivity contribution in [2.75, 3.05) is 16.4 Å². The highest BCUT2D eigenvalue weighted by molar-refractivity contribution is 8.00. The summed E-state index contributed by atoms with van der Waals surface area (Å²) in [6.45, 7) is 1.69. The average molecular weight is 490 g/mol. The normalized spacial score (nSPS) is 10.5. The van der Waals surface area contributed by atoms with Gasteiger partial charge in [-0.3, -0.25) is 19.7 Å². The van der Waals surface area contributed by atoms with E-state index >= 15 is 0 Å². The Kier molecular flexibility index (Phi) is 7.74. The number of aryl methyl sites for hydroxylation is 1. The predicted octanol–water partition coefficient (Wildman–Crippen LogP) is 6.19. The zero-order valence-electron chi connectivity index (χ0n) is 16.7. The maximum absolute atomic E-state index is 12.5. The van der Waals surface area contributed by atoms with Crippen LogP contribution in [0.4, 0.5) is 17.1 Å². The van der Waals surface area contributed by atoms with Gasteiger partial charge in [0.15, 0.2) is 0 Å². The second-order valence-corrected chi connectivity index (χ2v) is 8.59. The van der Waals surface area contributed by atoms with Gasteiger partial charge in [0, 0.05) is 33.4 Å². The molecule has 7 nitrogen and oxygen atoms in total. The van der Waals surface area contributed by atoms with Crippen LogP contribution in [-0.2, 0) is 4.79 Å². The van der Waals surface area contributed by atoms with E-state index in [1.807, 2.05) is 6.07 Å². The topological polar surface area (TPSA) is 101 Å². The molecular formula is C22H17Cl2N3O4S. The van der Waals surface area contributed by atoms with Crippen LogP contribution < -0.4 is 10.6 Å². The van der Waals surface area contributed by atoms with Crippen LogP contribution >= 0.6 is 35.0 Å². The van der Waals surface area contributed by atoms with Crippen molar-refractivity contribution in [3.8, 4) is 0 Å². The van der Waals surface area contributed by atoms with Crippen LogP contribution in [0.1, 0.15) is 15.9 Å².